The molecule has 0 atom stereocenters. The predicted octanol–water partition coefficient (Wildman–Crippen LogP) is 2.57. The molecule has 0 radical (unpaired) electrons. The van der Waals surface area contributed by atoms with Gasteiger partial charge in [0, 0.05) is 17.6 Å². The number of alkyl carbamates (subject to hydrolysis) is 1. The minimum atomic E-state index is -0.277. The predicted molar refractivity (Wildman–Crippen MR) is 71.6 cm³/mol. The molecule has 4 heteroatoms. The lowest BCUT2D eigenvalue weighted by atomic mass is 9.93. The van der Waals surface area contributed by atoms with Gasteiger partial charge in [-0.15, -0.1) is 0 Å². The molecule has 104 valence electrons. The molecule has 0 spiro atoms. The maximum Gasteiger partial charge on any atom is 0.407 e. The lowest BCUT2D eigenvalue weighted by Crippen LogP contribution is -2.43. The molecule has 0 aliphatic heterocycles. The zero-order chi connectivity index (χ0) is 13.2. The summed E-state index contributed by atoms with van der Waals surface area (Å²) in [5.41, 5.74) is -0.220. The molecule has 0 aromatic rings. The van der Waals surface area contributed by atoms with Crippen molar-refractivity contribution in [2.45, 2.75) is 83.0 Å². The number of carbonyl (C=O) groups is 1. The van der Waals surface area contributed by atoms with Crippen LogP contribution in [0.4, 0.5) is 4.79 Å². The summed E-state index contributed by atoms with van der Waals surface area (Å²) in [6.07, 6.45) is 6.73. The van der Waals surface area contributed by atoms with Crippen molar-refractivity contribution < 1.29 is 9.53 Å². The van der Waals surface area contributed by atoms with Crippen LogP contribution in [0.3, 0.4) is 0 Å². The molecule has 2 fully saturated rings. The van der Waals surface area contributed by atoms with Crippen molar-refractivity contribution in [3.05, 3.63) is 0 Å². The largest absolute Gasteiger partial charge is 0.446 e. The molecule has 2 saturated carbocycles. The second-order valence-electron chi connectivity index (χ2n) is 6.69. The average molecular weight is 254 g/mol. The van der Waals surface area contributed by atoms with Crippen LogP contribution in [0.1, 0.15) is 59.3 Å². The van der Waals surface area contributed by atoms with Crippen LogP contribution < -0.4 is 10.6 Å². The molecule has 0 bridgehead atoms. The molecular weight excluding hydrogens is 228 g/mol. The fourth-order valence-corrected chi connectivity index (χ4v) is 2.42. The Labute approximate surface area is 110 Å². The molecule has 18 heavy (non-hydrogen) atoms. The van der Waals surface area contributed by atoms with Gasteiger partial charge >= 0.3 is 6.09 Å². The smallest absolute Gasteiger partial charge is 0.407 e. The van der Waals surface area contributed by atoms with Gasteiger partial charge in [0.2, 0.25) is 0 Å². The standard InChI is InChI=1S/C14H26N2O2/c1-14(2,3)16-13(17)18-12-8-6-11(7-9-12)15-10-4-5-10/h10-12,15H,4-9H2,1-3H3,(H,16,17). The maximum absolute atomic E-state index is 11.6. The van der Waals surface area contributed by atoms with E-state index in [1.165, 1.54) is 12.8 Å². The lowest BCUT2D eigenvalue weighted by molar-refractivity contribution is 0.0639. The molecule has 1 amide bonds. The lowest BCUT2D eigenvalue weighted by Gasteiger charge is -2.30. The summed E-state index contributed by atoms with van der Waals surface area (Å²) < 4.78 is 5.46. The van der Waals surface area contributed by atoms with E-state index < -0.39 is 0 Å². The number of ether oxygens (including phenoxy) is 1. The van der Waals surface area contributed by atoms with E-state index in [1.807, 2.05) is 20.8 Å². The minimum absolute atomic E-state index is 0.101. The quantitative estimate of drug-likeness (QED) is 0.814. The van der Waals surface area contributed by atoms with Crippen molar-refractivity contribution in [3.63, 3.8) is 0 Å². The highest BCUT2D eigenvalue weighted by Gasteiger charge is 2.29. The Bertz CT molecular complexity index is 287. The Balaban J connectivity index is 1.64. The highest BCUT2D eigenvalue weighted by molar-refractivity contribution is 5.68. The third kappa shape index (κ3) is 4.84. The Morgan fingerprint density at radius 1 is 1.00 bits per heavy atom. The van der Waals surface area contributed by atoms with Gasteiger partial charge < -0.3 is 15.4 Å². The fourth-order valence-electron chi connectivity index (χ4n) is 2.42. The van der Waals surface area contributed by atoms with E-state index in [2.05, 4.69) is 10.6 Å². The van der Waals surface area contributed by atoms with E-state index in [0.29, 0.717) is 6.04 Å². The van der Waals surface area contributed by atoms with Gasteiger partial charge in [0.25, 0.3) is 0 Å². The highest BCUT2D eigenvalue weighted by atomic mass is 16.6. The van der Waals surface area contributed by atoms with Gasteiger partial charge in [-0.2, -0.15) is 0 Å². The van der Waals surface area contributed by atoms with Crippen LogP contribution in [0.5, 0.6) is 0 Å². The summed E-state index contributed by atoms with van der Waals surface area (Å²) in [5, 5.41) is 6.49. The number of hydrogen-bond acceptors (Lipinski definition) is 3. The van der Waals surface area contributed by atoms with E-state index >= 15 is 0 Å². The van der Waals surface area contributed by atoms with Crippen LogP contribution in [0.2, 0.25) is 0 Å². The van der Waals surface area contributed by atoms with Crippen LogP contribution in [0.25, 0.3) is 0 Å². The van der Waals surface area contributed by atoms with Crippen molar-refractivity contribution in [2.24, 2.45) is 0 Å². The molecule has 2 rings (SSSR count). The van der Waals surface area contributed by atoms with Crippen LogP contribution in [0, 0.1) is 0 Å². The Morgan fingerprint density at radius 2 is 1.50 bits per heavy atom. The number of amides is 1. The number of hydrogen-bond donors (Lipinski definition) is 2. The molecule has 0 aromatic heterocycles. The number of nitrogens with one attached hydrogen (secondary N) is 2. The Hall–Kier alpha value is -0.770. The van der Waals surface area contributed by atoms with Gasteiger partial charge in [-0.05, 0) is 59.3 Å². The van der Waals surface area contributed by atoms with Crippen LogP contribution in [-0.4, -0.2) is 29.8 Å². The zero-order valence-corrected chi connectivity index (χ0v) is 11.8. The summed E-state index contributed by atoms with van der Waals surface area (Å²) in [5.74, 6) is 0. The fraction of sp³-hybridized carbons (Fsp3) is 0.929. The molecule has 0 saturated heterocycles. The third-order valence-corrected chi connectivity index (χ3v) is 3.47. The normalized spacial score (nSPS) is 28.8. The summed E-state index contributed by atoms with van der Waals surface area (Å²) in [6, 6.07) is 1.42. The van der Waals surface area contributed by atoms with E-state index in [1.54, 1.807) is 0 Å². The average Bonchev–Trinajstić information content (AvgIpc) is 3.02. The van der Waals surface area contributed by atoms with Crippen LogP contribution >= 0.6 is 0 Å². The van der Waals surface area contributed by atoms with Gasteiger partial charge in [0.1, 0.15) is 6.10 Å². The number of carbonyl (C=O) groups excluding carboxylic acids is 1. The summed E-state index contributed by atoms with van der Waals surface area (Å²) in [6.45, 7) is 5.89. The molecule has 4 nitrogen and oxygen atoms in total. The minimum Gasteiger partial charge on any atom is -0.446 e. The summed E-state index contributed by atoms with van der Waals surface area (Å²) >= 11 is 0. The first-order chi connectivity index (χ1) is 8.42. The zero-order valence-electron chi connectivity index (χ0n) is 11.8. The maximum atomic E-state index is 11.6. The summed E-state index contributed by atoms with van der Waals surface area (Å²) in [4.78, 5) is 11.6. The first-order valence-electron chi connectivity index (χ1n) is 7.17. The van der Waals surface area contributed by atoms with Gasteiger partial charge in [-0.3, -0.25) is 0 Å². The first-order valence-corrected chi connectivity index (χ1v) is 7.17. The molecule has 2 N–H and O–H groups in total. The van der Waals surface area contributed by atoms with Crippen molar-refractivity contribution in [1.29, 1.82) is 0 Å². The van der Waals surface area contributed by atoms with Gasteiger partial charge in [0.15, 0.2) is 0 Å². The van der Waals surface area contributed by atoms with Gasteiger partial charge in [0.05, 0.1) is 0 Å². The van der Waals surface area contributed by atoms with Crippen molar-refractivity contribution in [2.75, 3.05) is 0 Å². The van der Waals surface area contributed by atoms with Crippen molar-refractivity contribution >= 4 is 6.09 Å². The topological polar surface area (TPSA) is 50.4 Å². The Morgan fingerprint density at radius 3 is 1.94 bits per heavy atom. The van der Waals surface area contributed by atoms with Crippen molar-refractivity contribution in [1.82, 2.24) is 10.6 Å². The van der Waals surface area contributed by atoms with E-state index in [4.69, 9.17) is 4.74 Å². The second-order valence-corrected chi connectivity index (χ2v) is 6.69. The molecule has 2 aliphatic carbocycles. The highest BCUT2D eigenvalue weighted by Crippen LogP contribution is 2.26. The molecule has 2 aliphatic rings. The van der Waals surface area contributed by atoms with Gasteiger partial charge in [-0.1, -0.05) is 0 Å². The second kappa shape index (κ2) is 5.47. The molecule has 0 aromatic carbocycles. The van der Waals surface area contributed by atoms with Crippen LogP contribution in [0.15, 0.2) is 0 Å². The van der Waals surface area contributed by atoms with E-state index in [9.17, 15) is 4.79 Å². The monoisotopic (exact) mass is 254 g/mol. The number of rotatable bonds is 3. The van der Waals surface area contributed by atoms with Gasteiger partial charge in [-0.25, -0.2) is 4.79 Å². The van der Waals surface area contributed by atoms with Crippen LogP contribution in [-0.2, 0) is 4.74 Å². The molecular formula is C14H26N2O2. The van der Waals surface area contributed by atoms with E-state index in [0.717, 1.165) is 31.7 Å². The van der Waals surface area contributed by atoms with E-state index in [-0.39, 0.29) is 17.7 Å². The third-order valence-electron chi connectivity index (χ3n) is 3.47. The Kier molecular flexibility index (Phi) is 4.15. The molecule has 0 unspecified atom stereocenters. The first kappa shape index (κ1) is 13.7. The van der Waals surface area contributed by atoms with Crippen molar-refractivity contribution in [3.8, 4) is 0 Å². The molecule has 0 heterocycles. The SMILES string of the molecule is CC(C)(C)NC(=O)OC1CCC(NC2CC2)CC1. The summed E-state index contributed by atoms with van der Waals surface area (Å²) in [7, 11) is 0.